The Hall–Kier alpha value is -3.43. The number of nitrogens with one attached hydrogen (secondary N) is 2. The number of nitrogens with zero attached hydrogens (tertiary/aromatic N) is 4. The van der Waals surface area contributed by atoms with E-state index < -0.39 is 0 Å². The van der Waals surface area contributed by atoms with Crippen molar-refractivity contribution < 1.29 is 9.53 Å². The number of benzene rings is 1. The van der Waals surface area contributed by atoms with Crippen LogP contribution in [0.1, 0.15) is 34.2 Å². The van der Waals surface area contributed by atoms with E-state index in [-0.39, 0.29) is 5.91 Å². The number of amides is 1. The number of aryl methyl sites for hydroxylation is 1. The molecule has 1 aromatic carbocycles. The first-order valence-electron chi connectivity index (χ1n) is 11.4. The number of aromatic nitrogens is 4. The number of piperidine rings is 1. The zero-order valence-corrected chi connectivity index (χ0v) is 20.8. The molecule has 180 valence electrons. The lowest BCUT2D eigenvalue weighted by Gasteiger charge is -2.31. The van der Waals surface area contributed by atoms with Crippen LogP contribution in [0.2, 0.25) is 5.02 Å². The topological polar surface area (TPSA) is 96.0 Å². The van der Waals surface area contributed by atoms with Gasteiger partial charge in [0.05, 0.1) is 10.4 Å². The molecule has 4 heterocycles. The van der Waals surface area contributed by atoms with Crippen molar-refractivity contribution >= 4 is 51.4 Å². The van der Waals surface area contributed by atoms with Crippen molar-refractivity contribution in [3.63, 3.8) is 0 Å². The van der Waals surface area contributed by atoms with Gasteiger partial charge in [0.2, 0.25) is 5.91 Å². The number of halogens is 1. The van der Waals surface area contributed by atoms with E-state index in [0.29, 0.717) is 42.2 Å². The van der Waals surface area contributed by atoms with E-state index in [9.17, 15) is 4.79 Å². The van der Waals surface area contributed by atoms with Gasteiger partial charge in [0.1, 0.15) is 35.2 Å². The van der Waals surface area contributed by atoms with E-state index in [2.05, 4.69) is 31.8 Å². The average Bonchev–Trinajstić information content (AvgIpc) is 3.50. The van der Waals surface area contributed by atoms with Gasteiger partial charge in [-0.25, -0.2) is 15.0 Å². The summed E-state index contributed by atoms with van der Waals surface area (Å²) in [4.78, 5) is 31.4. The second-order valence-corrected chi connectivity index (χ2v) is 10.1. The SMILES string of the molecule is C=CC(=O)N1CCC(c2c[nH]c3ncnc(Nc4ccc(OCc5ncc(C)s5)c(Cl)c4)c23)CC1. The van der Waals surface area contributed by atoms with Crippen LogP contribution in [0.25, 0.3) is 11.0 Å². The van der Waals surface area contributed by atoms with Crippen LogP contribution < -0.4 is 10.1 Å². The maximum Gasteiger partial charge on any atom is 0.245 e. The molecule has 0 bridgehead atoms. The molecule has 1 fully saturated rings. The third-order valence-electron chi connectivity index (χ3n) is 6.14. The second kappa shape index (κ2) is 10.1. The van der Waals surface area contributed by atoms with Gasteiger partial charge in [-0.2, -0.15) is 0 Å². The van der Waals surface area contributed by atoms with Crippen molar-refractivity contribution in [1.82, 2.24) is 24.8 Å². The Balaban J connectivity index is 1.33. The first-order valence-corrected chi connectivity index (χ1v) is 12.5. The summed E-state index contributed by atoms with van der Waals surface area (Å²) >= 11 is 8.11. The predicted octanol–water partition coefficient (Wildman–Crippen LogP) is 5.59. The molecule has 1 amide bonds. The molecule has 4 aromatic rings. The number of hydrogen-bond acceptors (Lipinski definition) is 7. The van der Waals surface area contributed by atoms with Crippen molar-refractivity contribution in [2.24, 2.45) is 0 Å². The molecule has 2 N–H and O–H groups in total. The largest absolute Gasteiger partial charge is 0.485 e. The van der Waals surface area contributed by atoms with Crippen LogP contribution in [-0.2, 0) is 11.4 Å². The van der Waals surface area contributed by atoms with Gasteiger partial charge in [0.25, 0.3) is 0 Å². The Morgan fingerprint density at radius 3 is 2.89 bits per heavy atom. The van der Waals surface area contributed by atoms with Crippen molar-refractivity contribution in [3.8, 4) is 5.75 Å². The molecule has 0 aliphatic carbocycles. The first-order chi connectivity index (χ1) is 17.0. The summed E-state index contributed by atoms with van der Waals surface area (Å²) in [5.74, 6) is 1.59. The number of thiazole rings is 1. The van der Waals surface area contributed by atoms with Crippen LogP contribution in [0.5, 0.6) is 5.75 Å². The maximum absolute atomic E-state index is 11.9. The Kier molecular flexibility index (Phi) is 6.70. The van der Waals surface area contributed by atoms with E-state index in [1.165, 1.54) is 12.4 Å². The van der Waals surface area contributed by atoms with Crippen molar-refractivity contribution in [1.29, 1.82) is 0 Å². The Morgan fingerprint density at radius 1 is 1.34 bits per heavy atom. The summed E-state index contributed by atoms with van der Waals surface area (Å²) in [5, 5.41) is 5.76. The van der Waals surface area contributed by atoms with E-state index >= 15 is 0 Å². The Bertz CT molecular complexity index is 1380. The number of rotatable bonds is 7. The summed E-state index contributed by atoms with van der Waals surface area (Å²) in [6.07, 6.45) is 8.49. The molecule has 5 rings (SSSR count). The third-order valence-corrected chi connectivity index (χ3v) is 7.32. The summed E-state index contributed by atoms with van der Waals surface area (Å²) in [6, 6.07) is 5.57. The van der Waals surface area contributed by atoms with Gasteiger partial charge in [-0.1, -0.05) is 18.2 Å². The fourth-order valence-electron chi connectivity index (χ4n) is 4.38. The molecule has 0 atom stereocenters. The van der Waals surface area contributed by atoms with E-state index in [4.69, 9.17) is 16.3 Å². The first kappa shape index (κ1) is 23.3. The molecular weight excluding hydrogens is 484 g/mol. The lowest BCUT2D eigenvalue weighted by atomic mass is 9.89. The molecule has 0 saturated carbocycles. The number of aromatic amines is 1. The van der Waals surface area contributed by atoms with E-state index in [1.54, 1.807) is 11.3 Å². The summed E-state index contributed by atoms with van der Waals surface area (Å²) in [6.45, 7) is 7.39. The zero-order valence-electron chi connectivity index (χ0n) is 19.3. The van der Waals surface area contributed by atoms with Crippen molar-refractivity contribution in [3.05, 3.63) is 70.0 Å². The van der Waals surface area contributed by atoms with Gasteiger partial charge in [0, 0.05) is 36.0 Å². The lowest BCUT2D eigenvalue weighted by Crippen LogP contribution is -2.36. The smallest absolute Gasteiger partial charge is 0.245 e. The molecule has 0 unspecified atom stereocenters. The highest BCUT2D eigenvalue weighted by molar-refractivity contribution is 7.11. The quantitative estimate of drug-likeness (QED) is 0.316. The summed E-state index contributed by atoms with van der Waals surface area (Å²) < 4.78 is 5.85. The highest BCUT2D eigenvalue weighted by atomic mass is 35.5. The van der Waals surface area contributed by atoms with Crippen LogP contribution in [0.4, 0.5) is 11.5 Å². The number of hydrogen-bond donors (Lipinski definition) is 2. The number of carbonyl (C=O) groups excluding carboxylic acids is 1. The van der Waals surface area contributed by atoms with E-state index in [1.807, 2.05) is 42.4 Å². The molecule has 1 aliphatic heterocycles. The molecule has 0 spiro atoms. The zero-order chi connectivity index (χ0) is 24.4. The van der Waals surface area contributed by atoms with Gasteiger partial charge in [-0.15, -0.1) is 11.3 Å². The number of likely N-dealkylation sites (tertiary alicyclic amines) is 1. The molecule has 8 nitrogen and oxygen atoms in total. The molecule has 10 heteroatoms. The Labute approximate surface area is 212 Å². The van der Waals surface area contributed by atoms with Crippen molar-refractivity contribution in [2.75, 3.05) is 18.4 Å². The molecule has 1 aliphatic rings. The Morgan fingerprint density at radius 2 is 2.17 bits per heavy atom. The van der Waals surface area contributed by atoms with Gasteiger partial charge in [-0.05, 0) is 55.5 Å². The van der Waals surface area contributed by atoms with Crippen LogP contribution in [0, 0.1) is 6.92 Å². The minimum Gasteiger partial charge on any atom is -0.485 e. The molecule has 1 saturated heterocycles. The van der Waals surface area contributed by atoms with Crippen LogP contribution in [-0.4, -0.2) is 43.8 Å². The third kappa shape index (κ3) is 5.01. The maximum atomic E-state index is 11.9. The highest BCUT2D eigenvalue weighted by Crippen LogP contribution is 2.37. The highest BCUT2D eigenvalue weighted by Gasteiger charge is 2.26. The van der Waals surface area contributed by atoms with Gasteiger partial charge >= 0.3 is 0 Å². The normalized spacial score (nSPS) is 14.3. The number of H-pyrrole nitrogens is 1. The summed E-state index contributed by atoms with van der Waals surface area (Å²) in [7, 11) is 0. The second-order valence-electron chi connectivity index (χ2n) is 8.42. The molecule has 3 aromatic heterocycles. The average molecular weight is 509 g/mol. The summed E-state index contributed by atoms with van der Waals surface area (Å²) in [5.41, 5.74) is 2.72. The number of anilines is 2. The van der Waals surface area contributed by atoms with Crippen LogP contribution in [0.15, 0.2) is 49.6 Å². The number of fused-ring (bicyclic) bond motifs is 1. The number of carbonyl (C=O) groups is 1. The van der Waals surface area contributed by atoms with Crippen LogP contribution in [0.3, 0.4) is 0 Å². The predicted molar refractivity (Wildman–Crippen MR) is 139 cm³/mol. The fraction of sp³-hybridized carbons (Fsp3) is 0.280. The molecule has 35 heavy (non-hydrogen) atoms. The number of ether oxygens (including phenoxy) is 1. The fourth-order valence-corrected chi connectivity index (χ4v) is 5.32. The monoisotopic (exact) mass is 508 g/mol. The van der Waals surface area contributed by atoms with E-state index in [0.717, 1.165) is 45.0 Å². The minimum atomic E-state index is -0.0147. The van der Waals surface area contributed by atoms with Crippen LogP contribution >= 0.6 is 22.9 Å². The van der Waals surface area contributed by atoms with Crippen molar-refractivity contribution in [2.45, 2.75) is 32.3 Å². The lowest BCUT2D eigenvalue weighted by molar-refractivity contribution is -0.127. The van der Waals surface area contributed by atoms with Gasteiger partial charge in [-0.3, -0.25) is 4.79 Å². The standard InChI is InChI=1S/C25H25ClN6O2S/c1-3-22(33)32-8-6-16(7-9-32)18-12-28-24-23(18)25(30-14-29-24)31-17-4-5-20(19(26)10-17)34-13-21-27-11-15(2)35-21/h3-5,10-12,14,16H,1,6-9,13H2,2H3,(H2,28,29,30,31). The van der Waals surface area contributed by atoms with Gasteiger partial charge < -0.3 is 19.9 Å². The van der Waals surface area contributed by atoms with Gasteiger partial charge in [0.15, 0.2) is 0 Å². The minimum absolute atomic E-state index is 0.0147. The molecule has 0 radical (unpaired) electrons. The molecular formula is C25H25ClN6O2S.